The number of likely N-dealkylation sites (tertiary alicyclic amines) is 1. The molecular formula is C89H182N38O3. The largest absolute Gasteiger partial charge is 0.463 e. The topological polar surface area (TPSA) is 528 Å². The van der Waals surface area contributed by atoms with Crippen LogP contribution in [0.1, 0.15) is 154 Å². The molecule has 6 aliphatic rings. The number of guanidine groups is 7. The maximum absolute atomic E-state index is 11.5. The highest BCUT2D eigenvalue weighted by molar-refractivity contribution is 5.96. The molecule has 130 heavy (non-hydrogen) atoms. The Morgan fingerprint density at radius 3 is 1.34 bits per heavy atom. The van der Waals surface area contributed by atoms with Crippen molar-refractivity contribution in [2.45, 2.75) is 142 Å². The molecule has 0 bridgehead atoms. The van der Waals surface area contributed by atoms with Crippen LogP contribution in [0.4, 0.5) is 0 Å². The number of benzene rings is 1. The van der Waals surface area contributed by atoms with Crippen LogP contribution < -0.4 is 39.3 Å². The minimum absolute atomic E-state index is 0.0111. The van der Waals surface area contributed by atoms with Crippen molar-refractivity contribution in [3.8, 4) is 6.19 Å². The fourth-order valence-corrected chi connectivity index (χ4v) is 9.63. The molecule has 41 heteroatoms. The highest BCUT2D eigenvalue weighted by Crippen LogP contribution is 2.30. The minimum atomic E-state index is -0.151. The van der Waals surface area contributed by atoms with E-state index in [9.17, 15) is 4.79 Å². The van der Waals surface area contributed by atoms with E-state index in [1.54, 1.807) is 68.3 Å². The molecule has 0 spiro atoms. The van der Waals surface area contributed by atoms with Gasteiger partial charge in [-0.25, -0.2) is 4.99 Å². The Bertz CT molecular complexity index is 3420. The van der Waals surface area contributed by atoms with E-state index in [1.165, 1.54) is 36.6 Å². The number of nitriles is 1. The van der Waals surface area contributed by atoms with Crippen LogP contribution in [0.25, 0.3) is 0 Å². The molecule has 8 rings (SSSR count). The van der Waals surface area contributed by atoms with Crippen molar-refractivity contribution in [1.82, 2.24) is 89.3 Å². The number of nitrogens with zero attached hydrogens (tertiary/aromatic N) is 24. The first kappa shape index (κ1) is 129. The number of piperidine rings is 1. The molecule has 0 amide bonds. The molecule has 1 aromatic carbocycles. The molecular weight excluding hydrogens is 1650 g/mol. The van der Waals surface area contributed by atoms with Crippen molar-refractivity contribution in [3.05, 3.63) is 66.0 Å². The quantitative estimate of drug-likeness (QED) is 0.0242. The first-order chi connectivity index (χ1) is 61.3. The van der Waals surface area contributed by atoms with Gasteiger partial charge in [0.1, 0.15) is 18.3 Å². The van der Waals surface area contributed by atoms with Gasteiger partial charge in [-0.3, -0.25) is 82.9 Å². The van der Waals surface area contributed by atoms with Gasteiger partial charge in [0.15, 0.2) is 42.0 Å². The fourth-order valence-electron chi connectivity index (χ4n) is 9.63. The summed E-state index contributed by atoms with van der Waals surface area (Å²) in [6.45, 7) is 49.4. The third-order valence-electron chi connectivity index (χ3n) is 19.4. The second-order valence-corrected chi connectivity index (χ2v) is 30.2. The number of nitrogens with two attached hydrogens (primary N) is 5. The number of pyridine rings is 1. The van der Waals surface area contributed by atoms with Crippen LogP contribution in [0.15, 0.2) is 89.8 Å². The molecule has 1 saturated carbocycles. The summed E-state index contributed by atoms with van der Waals surface area (Å²) in [4.78, 5) is 76.2. The number of hydrogen-bond donors (Lipinski definition) is 14. The molecule has 2 fully saturated rings. The van der Waals surface area contributed by atoms with Crippen LogP contribution in [0.2, 0.25) is 0 Å². The monoisotopic (exact) mass is 1830 g/mol. The molecule has 6 heterocycles. The molecule has 0 radical (unpaired) electrons. The number of carbonyl (C=O) groups excluding carboxylic acids is 1. The maximum atomic E-state index is 11.5. The van der Waals surface area contributed by atoms with E-state index in [1.807, 2.05) is 210 Å². The van der Waals surface area contributed by atoms with Gasteiger partial charge in [-0.2, -0.15) is 5.26 Å². The third kappa shape index (κ3) is 66.6. The predicted molar refractivity (Wildman–Crippen MR) is 550 cm³/mol. The maximum Gasteiger partial charge on any atom is 0.328 e. The summed E-state index contributed by atoms with van der Waals surface area (Å²) in [5.74, 6) is 8.67. The summed E-state index contributed by atoms with van der Waals surface area (Å²) in [5, 5.41) is 66.5. The predicted octanol–water partition coefficient (Wildman–Crippen LogP) is 6.71. The average Bonchev–Trinajstić information content (AvgIpc) is 1.84. The molecule has 1 saturated heterocycles. The van der Waals surface area contributed by atoms with Crippen LogP contribution in [0.3, 0.4) is 0 Å². The standard InChI is InChI=1S/C10H19N3O2.C10H14N2.C9H13N3.C7H15N3.2C7H14N2.C6H13N3.C6H15N3.C6H12N2O.C5H13N3.C5H12N2.C4H8N4.C4H11N3.C3H9N3/c1-8(11)13-6-4-9(5-7-13)10(14)15-12(2)3;1-3-12(2)10(11)9-7-5-4-6-8-9;1-3-12(2)9(10)8-4-6-11-7-5-8;1-4-9(2)7-8-5-6-10(7)3;1-3-9(2)7-5-4-6-8-7;1-3-9(2)7(8)6-4-5-6;1-3-9(2)6-7-4-5-8-6;1-5-9(4)6(7)8(2)3;1-3-8(2)6-7-4-5-9-6;1-4-7-5(6)8(2)3;1-4-7(3)5(2)6;1-2-7-4(6)8-3-5;1-3-7(2)4(5)6;1-2-6-3(4)5/h9,11H,4-7H2,1-3H3;4-8,11H,3H2,1-2H3;4-7,10H,3H2,1-2H3;4-6H2,1-3H3;3-6H2,1-2H3;6,8H,3-5H2,1-2H3;3-5H2,1-2H3,(H,7,8);7H,5H2,1-4H3;3-5H2,1-2H3;4H2,1-3H3,(H2,6,7);6H,4H2,1-3H3;2H2,1H3,(H3,6,7,8);3H2,1-2H3,(H3,5,6);2H2,1H3,(H4,4,5,6). The number of ether oxygens (including phenoxy) is 1. The Balaban J connectivity index is -0.000000320. The zero-order valence-corrected chi connectivity index (χ0v) is 86.5. The lowest BCUT2D eigenvalue weighted by molar-refractivity contribution is -0.184. The van der Waals surface area contributed by atoms with Crippen molar-refractivity contribution < 1.29 is 14.4 Å². The van der Waals surface area contributed by atoms with Gasteiger partial charge in [-0.05, 0) is 148 Å². The number of rotatable bonds is 18. The Kier molecular flexibility index (Phi) is 80.0. The zero-order valence-electron chi connectivity index (χ0n) is 86.5. The molecule has 2 aromatic rings. The molecule has 1 aliphatic carbocycles. The van der Waals surface area contributed by atoms with E-state index in [0.29, 0.717) is 54.3 Å². The van der Waals surface area contributed by atoms with Gasteiger partial charge in [0, 0.05) is 273 Å². The number of carbonyl (C=O) groups is 1. The number of aromatic nitrogens is 1. The van der Waals surface area contributed by atoms with Crippen LogP contribution in [-0.2, 0) is 14.4 Å². The van der Waals surface area contributed by atoms with Crippen molar-refractivity contribution in [2.24, 2.45) is 75.5 Å². The van der Waals surface area contributed by atoms with Crippen LogP contribution in [-0.4, -0.2) is 431 Å². The van der Waals surface area contributed by atoms with Gasteiger partial charge in [-0.1, -0.05) is 30.3 Å². The van der Waals surface area contributed by atoms with E-state index in [2.05, 4.69) is 126 Å². The summed E-state index contributed by atoms with van der Waals surface area (Å²) in [6, 6.07) is 14.2. The van der Waals surface area contributed by atoms with E-state index < -0.39 is 0 Å². The third-order valence-corrected chi connectivity index (χ3v) is 19.4. The lowest BCUT2D eigenvalue weighted by Gasteiger charge is -2.31. The number of nitrogens with one attached hydrogen (secondary N) is 9. The van der Waals surface area contributed by atoms with Gasteiger partial charge in [0.25, 0.3) is 6.02 Å². The Morgan fingerprint density at radius 1 is 0.538 bits per heavy atom. The molecule has 19 N–H and O–H groups in total. The van der Waals surface area contributed by atoms with Crippen molar-refractivity contribution >= 4 is 88.7 Å². The number of aliphatic imine (C=N–C) groups is 7. The van der Waals surface area contributed by atoms with E-state index in [4.69, 9.17) is 81.4 Å². The second-order valence-electron chi connectivity index (χ2n) is 30.2. The van der Waals surface area contributed by atoms with Crippen molar-refractivity contribution in [3.63, 3.8) is 0 Å². The lowest BCUT2D eigenvalue weighted by atomic mass is 9.97. The number of hydroxylamine groups is 2. The molecule has 1 aromatic heterocycles. The number of hydrogen-bond acceptors (Lipinski definition) is 26. The summed E-state index contributed by atoms with van der Waals surface area (Å²) >= 11 is 0. The van der Waals surface area contributed by atoms with Gasteiger partial charge in [0.05, 0.1) is 48.9 Å². The first-order valence-electron chi connectivity index (χ1n) is 45.2. The normalized spacial score (nSPS) is 13.2. The SMILES string of the molecule is CC(=N)N1CCC(C(=O)ON(C)C)CC1.CCN(C)C(=N)C1CC1.CCN(C)C(=N)N.CCN(C)C(=N)N(C)C.CCN(C)C(=N)c1ccccc1.CCN(C)C(=N)c1ccncc1.CCN(C)C(C)=N.CCN(C)C1=NCCC1.CCN(C)C1=NCCN1.CCN(C)C1=NCCN1C.CCN(C)C1=NCCO1.CCN=C(N)N.CCN=C(N)N(C)C.CCN=C(N)NC#N. The molecule has 41 nitrogen and oxygen atoms in total. The van der Waals surface area contributed by atoms with Crippen LogP contribution >= 0.6 is 0 Å². The zero-order chi connectivity index (χ0) is 101. The number of likely N-dealkylation sites (N-methyl/N-ethyl adjacent to an activating group) is 1. The smallest absolute Gasteiger partial charge is 0.328 e. The average molecular weight is 1830 g/mol. The highest BCUT2D eigenvalue weighted by Gasteiger charge is 2.29. The molecule has 0 unspecified atom stereocenters. The summed E-state index contributed by atoms with van der Waals surface area (Å²) in [7, 11) is 32.6. The van der Waals surface area contributed by atoms with Gasteiger partial charge in [0.2, 0.25) is 5.96 Å². The van der Waals surface area contributed by atoms with E-state index >= 15 is 0 Å². The van der Waals surface area contributed by atoms with Gasteiger partial charge < -0.3 is 112 Å². The minimum Gasteiger partial charge on any atom is -0.463 e. The molecule has 746 valence electrons. The Labute approximate surface area is 785 Å². The molecule has 0 atom stereocenters. The van der Waals surface area contributed by atoms with Crippen LogP contribution in [0, 0.1) is 61.2 Å². The lowest BCUT2D eigenvalue weighted by Crippen LogP contribution is -2.40. The fraction of sp³-hybridized carbons (Fsp3) is 0.697. The second kappa shape index (κ2) is 80.6. The van der Waals surface area contributed by atoms with E-state index in [0.717, 1.165) is 179 Å². The van der Waals surface area contributed by atoms with Gasteiger partial charge >= 0.3 is 5.97 Å². The molecule has 5 aliphatic heterocycles. The Morgan fingerprint density at radius 2 is 1.03 bits per heavy atom. The summed E-state index contributed by atoms with van der Waals surface area (Å²) in [6.07, 6.45) is 11.5. The first-order valence-corrected chi connectivity index (χ1v) is 45.2. The number of amidine groups is 7. The van der Waals surface area contributed by atoms with Crippen molar-refractivity contribution in [1.29, 1.82) is 43.1 Å². The van der Waals surface area contributed by atoms with E-state index in [-0.39, 0.29) is 29.8 Å². The summed E-state index contributed by atoms with van der Waals surface area (Å²) in [5.41, 5.74) is 27.3. The summed E-state index contributed by atoms with van der Waals surface area (Å²) < 4.78 is 5.18. The van der Waals surface area contributed by atoms with Gasteiger partial charge in [-0.15, -0.1) is 5.06 Å². The highest BCUT2D eigenvalue weighted by atomic mass is 16.7. The van der Waals surface area contributed by atoms with Crippen molar-refractivity contribution in [2.75, 3.05) is 264 Å². The van der Waals surface area contributed by atoms with Crippen LogP contribution in [0.5, 0.6) is 0 Å². The Hall–Kier alpha value is -11.7.